The lowest BCUT2D eigenvalue weighted by Gasteiger charge is -2.02. The van der Waals surface area contributed by atoms with Crippen molar-refractivity contribution >= 4 is 5.91 Å². The highest BCUT2D eigenvalue weighted by molar-refractivity contribution is 5.75. The highest BCUT2D eigenvalue weighted by Crippen LogP contribution is 1.90. The fourth-order valence-corrected chi connectivity index (χ4v) is 1.91. The molecule has 6 nitrogen and oxygen atoms in total. The number of amides is 1. The molecule has 0 spiro atoms. The second-order valence-electron chi connectivity index (χ2n) is 4.73. The van der Waals surface area contributed by atoms with Gasteiger partial charge in [0.25, 0.3) is 0 Å². The number of hydrogen-bond donors (Lipinski definition) is 1. The van der Waals surface area contributed by atoms with Crippen LogP contribution in [0.5, 0.6) is 0 Å². The molecule has 0 bridgehead atoms. The summed E-state index contributed by atoms with van der Waals surface area (Å²) < 4.78 is 8.00. The van der Waals surface area contributed by atoms with Crippen LogP contribution in [0.15, 0.2) is 37.4 Å². The summed E-state index contributed by atoms with van der Waals surface area (Å²) in [6, 6.07) is 0. The Morgan fingerprint density at radius 2 is 1.63 bits per heavy atom. The summed E-state index contributed by atoms with van der Waals surface area (Å²) in [4.78, 5) is 11.7. The Hall–Kier alpha value is -2.11. The molecule has 2 aromatic rings. The SMILES string of the molecule is C[n+]1ccn(CCNC(=O)CCn2cc[n+](C)c2)c1. The molecular weight excluding hydrogens is 242 g/mol. The van der Waals surface area contributed by atoms with Gasteiger partial charge in [-0.25, -0.2) is 18.3 Å². The molecule has 0 atom stereocenters. The summed E-state index contributed by atoms with van der Waals surface area (Å²) in [5.41, 5.74) is 0. The quantitative estimate of drug-likeness (QED) is 0.678. The highest BCUT2D eigenvalue weighted by atomic mass is 16.1. The third-order valence-electron chi connectivity index (χ3n) is 2.94. The van der Waals surface area contributed by atoms with E-state index in [1.54, 1.807) is 0 Å². The number of rotatable bonds is 6. The van der Waals surface area contributed by atoms with Gasteiger partial charge in [-0.15, -0.1) is 0 Å². The third-order valence-corrected chi connectivity index (χ3v) is 2.94. The molecule has 2 heterocycles. The molecule has 0 saturated heterocycles. The maximum Gasteiger partial charge on any atom is 0.243 e. The van der Waals surface area contributed by atoms with Crippen LogP contribution < -0.4 is 14.5 Å². The first-order valence-corrected chi connectivity index (χ1v) is 6.42. The summed E-state index contributed by atoms with van der Waals surface area (Å²) in [6.07, 6.45) is 12.4. The van der Waals surface area contributed by atoms with Gasteiger partial charge in [0.2, 0.25) is 18.6 Å². The molecule has 0 fully saturated rings. The summed E-state index contributed by atoms with van der Waals surface area (Å²) in [7, 11) is 3.94. The number of nitrogens with one attached hydrogen (secondary N) is 1. The first-order valence-electron chi connectivity index (χ1n) is 6.42. The largest absolute Gasteiger partial charge is 0.352 e. The molecule has 6 heteroatoms. The van der Waals surface area contributed by atoms with Crippen molar-refractivity contribution in [2.45, 2.75) is 19.5 Å². The molecule has 0 aliphatic rings. The number of hydrogen-bond acceptors (Lipinski definition) is 1. The van der Waals surface area contributed by atoms with E-state index in [9.17, 15) is 4.79 Å². The van der Waals surface area contributed by atoms with Crippen molar-refractivity contribution in [2.75, 3.05) is 6.54 Å². The van der Waals surface area contributed by atoms with E-state index in [-0.39, 0.29) is 5.91 Å². The van der Waals surface area contributed by atoms with Crippen LogP contribution in [0.25, 0.3) is 0 Å². The minimum absolute atomic E-state index is 0.0906. The van der Waals surface area contributed by atoms with E-state index in [4.69, 9.17) is 0 Å². The van der Waals surface area contributed by atoms with E-state index in [1.165, 1.54) is 0 Å². The Morgan fingerprint density at radius 1 is 1.05 bits per heavy atom. The molecule has 0 saturated carbocycles. The third kappa shape index (κ3) is 4.24. The number of nitrogens with zero attached hydrogens (tertiary/aromatic N) is 4. The molecule has 2 rings (SSSR count). The lowest BCUT2D eigenvalue weighted by atomic mass is 10.4. The molecule has 0 aromatic carbocycles. The molecule has 2 aromatic heterocycles. The summed E-state index contributed by atoms with van der Waals surface area (Å²) >= 11 is 0. The minimum Gasteiger partial charge on any atom is -0.352 e. The van der Waals surface area contributed by atoms with Crippen LogP contribution in [0.3, 0.4) is 0 Å². The van der Waals surface area contributed by atoms with Crippen molar-refractivity contribution < 1.29 is 13.9 Å². The van der Waals surface area contributed by atoms with Gasteiger partial charge in [0.1, 0.15) is 31.3 Å². The molecule has 1 amide bonds. The van der Waals surface area contributed by atoms with Crippen LogP contribution in [0.2, 0.25) is 0 Å². The van der Waals surface area contributed by atoms with E-state index in [0.717, 1.165) is 6.54 Å². The molecule has 0 aliphatic carbocycles. The van der Waals surface area contributed by atoms with Crippen LogP contribution in [-0.2, 0) is 32.0 Å². The molecule has 19 heavy (non-hydrogen) atoms. The zero-order valence-corrected chi connectivity index (χ0v) is 11.5. The van der Waals surface area contributed by atoms with Gasteiger partial charge in [0.05, 0.1) is 33.6 Å². The molecular formula is C13H21N5O+2. The first-order chi connectivity index (χ1) is 9.13. The van der Waals surface area contributed by atoms with Gasteiger partial charge in [-0.3, -0.25) is 4.79 Å². The van der Waals surface area contributed by atoms with E-state index < -0.39 is 0 Å². The van der Waals surface area contributed by atoms with Gasteiger partial charge in [0.15, 0.2) is 0 Å². The monoisotopic (exact) mass is 263 g/mol. The smallest absolute Gasteiger partial charge is 0.243 e. The molecule has 102 valence electrons. The average Bonchev–Trinajstić information content (AvgIpc) is 2.96. The predicted octanol–water partition coefficient (Wildman–Crippen LogP) is -0.855. The summed E-state index contributed by atoms with van der Waals surface area (Å²) in [5, 5.41) is 2.93. The highest BCUT2D eigenvalue weighted by Gasteiger charge is 2.06. The molecule has 0 aliphatic heterocycles. The summed E-state index contributed by atoms with van der Waals surface area (Å²) in [5.74, 6) is 0.0906. The van der Waals surface area contributed by atoms with Crippen molar-refractivity contribution in [1.29, 1.82) is 0 Å². The van der Waals surface area contributed by atoms with Crippen LogP contribution in [0.4, 0.5) is 0 Å². The van der Waals surface area contributed by atoms with E-state index in [0.29, 0.717) is 19.5 Å². The molecule has 0 unspecified atom stereocenters. The number of carbonyl (C=O) groups excluding carboxylic acids is 1. The maximum absolute atomic E-state index is 11.7. The van der Waals surface area contributed by atoms with Gasteiger partial charge in [-0.05, 0) is 0 Å². The van der Waals surface area contributed by atoms with Crippen molar-refractivity contribution in [3.05, 3.63) is 37.4 Å². The van der Waals surface area contributed by atoms with Crippen molar-refractivity contribution in [3.8, 4) is 0 Å². The van der Waals surface area contributed by atoms with E-state index in [1.807, 2.05) is 69.8 Å². The van der Waals surface area contributed by atoms with Gasteiger partial charge >= 0.3 is 0 Å². The number of aryl methyl sites for hydroxylation is 3. The second kappa shape index (κ2) is 6.17. The number of carbonyl (C=O) groups is 1. The Morgan fingerprint density at radius 3 is 2.16 bits per heavy atom. The zero-order valence-electron chi connectivity index (χ0n) is 11.5. The zero-order chi connectivity index (χ0) is 13.7. The maximum atomic E-state index is 11.7. The van der Waals surface area contributed by atoms with Gasteiger partial charge in [-0.1, -0.05) is 0 Å². The lowest BCUT2D eigenvalue weighted by molar-refractivity contribution is -0.671. The van der Waals surface area contributed by atoms with Gasteiger partial charge < -0.3 is 5.32 Å². The normalized spacial score (nSPS) is 10.6. The summed E-state index contributed by atoms with van der Waals surface area (Å²) in [6.45, 7) is 2.17. The standard InChI is InChI=1S/C13H20N5O/c1-15-7-9-17(11-15)5-3-13(19)14-4-6-18-10-8-16(2)12-18/h7-12H,3-6H2,1-2H3/q+1/p+1. The van der Waals surface area contributed by atoms with E-state index in [2.05, 4.69) is 5.32 Å². The minimum atomic E-state index is 0.0906. The van der Waals surface area contributed by atoms with Crippen LogP contribution in [0, 0.1) is 0 Å². The van der Waals surface area contributed by atoms with E-state index >= 15 is 0 Å². The Balaban J connectivity index is 1.64. The Kier molecular flexibility index (Phi) is 4.33. The Bertz CT molecular complexity index is 543. The fourth-order valence-electron chi connectivity index (χ4n) is 1.91. The molecule has 0 radical (unpaired) electrons. The Labute approximate surface area is 112 Å². The fraction of sp³-hybridized carbons (Fsp3) is 0.462. The second-order valence-corrected chi connectivity index (χ2v) is 4.73. The van der Waals surface area contributed by atoms with Gasteiger partial charge in [0, 0.05) is 0 Å². The van der Waals surface area contributed by atoms with Crippen LogP contribution in [0.1, 0.15) is 6.42 Å². The van der Waals surface area contributed by atoms with Crippen LogP contribution in [-0.4, -0.2) is 21.6 Å². The first kappa shape index (κ1) is 13.3. The van der Waals surface area contributed by atoms with Crippen molar-refractivity contribution in [1.82, 2.24) is 14.5 Å². The van der Waals surface area contributed by atoms with Crippen LogP contribution >= 0.6 is 0 Å². The van der Waals surface area contributed by atoms with Crippen molar-refractivity contribution in [2.24, 2.45) is 14.1 Å². The topological polar surface area (TPSA) is 46.7 Å². The van der Waals surface area contributed by atoms with Gasteiger partial charge in [-0.2, -0.15) is 0 Å². The number of imidazole rings is 2. The van der Waals surface area contributed by atoms with Crippen molar-refractivity contribution in [3.63, 3.8) is 0 Å². The average molecular weight is 263 g/mol. The lowest BCUT2D eigenvalue weighted by Crippen LogP contribution is -2.29. The predicted molar refractivity (Wildman–Crippen MR) is 68.8 cm³/mol. The number of aromatic nitrogens is 4. The molecule has 1 N–H and O–H groups in total.